The molecule has 1 heterocycles. The molecule has 5 nitrogen and oxygen atoms in total. The summed E-state index contributed by atoms with van der Waals surface area (Å²) in [5.74, 6) is 1.53. The SMILES string of the molecule is Cc1cccc(N(C)C(=O)CCc2nc(-c3ccc(C(C)C)cc3)no2)c1. The van der Waals surface area contributed by atoms with Crippen molar-refractivity contribution in [2.75, 3.05) is 11.9 Å². The van der Waals surface area contributed by atoms with Gasteiger partial charge in [-0.05, 0) is 36.1 Å². The highest BCUT2D eigenvalue weighted by Crippen LogP contribution is 2.21. The Hall–Kier alpha value is -2.95. The molecule has 1 amide bonds. The summed E-state index contributed by atoms with van der Waals surface area (Å²) in [6.07, 6.45) is 0.741. The van der Waals surface area contributed by atoms with Crippen LogP contribution in [0.1, 0.15) is 43.2 Å². The van der Waals surface area contributed by atoms with Crippen LogP contribution in [0.4, 0.5) is 5.69 Å². The molecule has 140 valence electrons. The maximum atomic E-state index is 12.4. The predicted molar refractivity (Wildman–Crippen MR) is 107 cm³/mol. The van der Waals surface area contributed by atoms with Gasteiger partial charge in [-0.15, -0.1) is 0 Å². The first kappa shape index (κ1) is 18.8. The fourth-order valence-corrected chi connectivity index (χ4v) is 2.85. The Labute approximate surface area is 160 Å². The smallest absolute Gasteiger partial charge is 0.227 e. The zero-order chi connectivity index (χ0) is 19.4. The van der Waals surface area contributed by atoms with Crippen molar-refractivity contribution < 1.29 is 9.32 Å². The second-order valence-corrected chi connectivity index (χ2v) is 7.08. The first-order chi connectivity index (χ1) is 12.9. The van der Waals surface area contributed by atoms with Crippen molar-refractivity contribution in [2.45, 2.75) is 39.5 Å². The van der Waals surface area contributed by atoms with E-state index < -0.39 is 0 Å². The van der Waals surface area contributed by atoms with Crippen LogP contribution in [-0.4, -0.2) is 23.1 Å². The van der Waals surface area contributed by atoms with E-state index in [0.717, 1.165) is 16.8 Å². The number of benzene rings is 2. The molecule has 0 saturated heterocycles. The molecule has 3 rings (SSSR count). The summed E-state index contributed by atoms with van der Waals surface area (Å²) in [5, 5.41) is 4.04. The summed E-state index contributed by atoms with van der Waals surface area (Å²) in [6.45, 7) is 6.33. The van der Waals surface area contributed by atoms with Gasteiger partial charge >= 0.3 is 0 Å². The average Bonchev–Trinajstić information content (AvgIpc) is 3.14. The van der Waals surface area contributed by atoms with E-state index in [4.69, 9.17) is 4.52 Å². The van der Waals surface area contributed by atoms with Crippen LogP contribution in [0.5, 0.6) is 0 Å². The van der Waals surface area contributed by atoms with E-state index in [0.29, 0.717) is 30.5 Å². The molecule has 1 aromatic heterocycles. The van der Waals surface area contributed by atoms with Crippen molar-refractivity contribution >= 4 is 11.6 Å². The van der Waals surface area contributed by atoms with Gasteiger partial charge in [-0.2, -0.15) is 4.98 Å². The highest BCUT2D eigenvalue weighted by Gasteiger charge is 2.14. The molecule has 3 aromatic rings. The fourth-order valence-electron chi connectivity index (χ4n) is 2.85. The number of aromatic nitrogens is 2. The van der Waals surface area contributed by atoms with Crippen molar-refractivity contribution in [3.05, 3.63) is 65.5 Å². The van der Waals surface area contributed by atoms with E-state index in [-0.39, 0.29) is 5.91 Å². The molecule has 0 N–H and O–H groups in total. The van der Waals surface area contributed by atoms with Crippen LogP contribution in [0.25, 0.3) is 11.4 Å². The van der Waals surface area contributed by atoms with Crippen molar-refractivity contribution in [3.63, 3.8) is 0 Å². The van der Waals surface area contributed by atoms with Gasteiger partial charge in [0.05, 0.1) is 0 Å². The number of nitrogens with zero attached hydrogens (tertiary/aromatic N) is 3. The monoisotopic (exact) mass is 363 g/mol. The van der Waals surface area contributed by atoms with E-state index in [2.05, 4.69) is 36.1 Å². The van der Waals surface area contributed by atoms with Crippen molar-refractivity contribution in [3.8, 4) is 11.4 Å². The van der Waals surface area contributed by atoms with E-state index in [1.165, 1.54) is 5.56 Å². The third-order valence-corrected chi connectivity index (χ3v) is 4.62. The number of carbonyl (C=O) groups excluding carboxylic acids is 1. The van der Waals surface area contributed by atoms with E-state index in [1.807, 2.05) is 43.3 Å². The summed E-state index contributed by atoms with van der Waals surface area (Å²) >= 11 is 0. The zero-order valence-electron chi connectivity index (χ0n) is 16.3. The Morgan fingerprint density at radius 3 is 2.56 bits per heavy atom. The summed E-state index contributed by atoms with van der Waals surface area (Å²) in [6, 6.07) is 16.0. The number of carbonyl (C=O) groups is 1. The van der Waals surface area contributed by atoms with Crippen LogP contribution in [0, 0.1) is 6.92 Å². The van der Waals surface area contributed by atoms with Crippen LogP contribution in [0.15, 0.2) is 53.1 Å². The van der Waals surface area contributed by atoms with Gasteiger partial charge in [0, 0.05) is 31.1 Å². The Bertz CT molecular complexity index is 913. The quantitative estimate of drug-likeness (QED) is 0.633. The van der Waals surface area contributed by atoms with Gasteiger partial charge in [-0.3, -0.25) is 4.79 Å². The van der Waals surface area contributed by atoms with Crippen LogP contribution in [0.3, 0.4) is 0 Å². The third kappa shape index (κ3) is 4.61. The van der Waals surface area contributed by atoms with Crippen molar-refractivity contribution in [2.24, 2.45) is 0 Å². The topological polar surface area (TPSA) is 59.2 Å². The van der Waals surface area contributed by atoms with Crippen molar-refractivity contribution in [1.82, 2.24) is 10.1 Å². The number of aryl methyl sites for hydroxylation is 2. The Morgan fingerprint density at radius 2 is 1.89 bits per heavy atom. The standard InChI is InChI=1S/C22H25N3O2/c1-15(2)17-8-10-18(11-9-17)22-23-20(27-24-22)12-13-21(26)25(4)19-7-5-6-16(3)14-19/h5-11,14-15H,12-13H2,1-4H3. The molecule has 0 bridgehead atoms. The molecule has 0 aliphatic carbocycles. The van der Waals surface area contributed by atoms with Gasteiger partial charge in [0.2, 0.25) is 17.6 Å². The lowest BCUT2D eigenvalue weighted by molar-refractivity contribution is -0.118. The maximum Gasteiger partial charge on any atom is 0.227 e. The molecular weight excluding hydrogens is 338 g/mol. The van der Waals surface area contributed by atoms with Crippen LogP contribution in [-0.2, 0) is 11.2 Å². The lowest BCUT2D eigenvalue weighted by Crippen LogP contribution is -2.26. The third-order valence-electron chi connectivity index (χ3n) is 4.62. The van der Waals surface area contributed by atoms with Gasteiger partial charge in [0.1, 0.15) is 0 Å². The molecule has 0 aliphatic rings. The zero-order valence-corrected chi connectivity index (χ0v) is 16.3. The molecule has 2 aromatic carbocycles. The minimum absolute atomic E-state index is 0.0154. The number of anilines is 1. The Kier molecular flexibility index (Phi) is 5.69. The Balaban J connectivity index is 1.61. The molecule has 0 fully saturated rings. The average molecular weight is 363 g/mol. The molecule has 27 heavy (non-hydrogen) atoms. The second kappa shape index (κ2) is 8.16. The summed E-state index contributed by atoms with van der Waals surface area (Å²) < 4.78 is 5.32. The second-order valence-electron chi connectivity index (χ2n) is 7.08. The van der Waals surface area contributed by atoms with Crippen LogP contribution in [0.2, 0.25) is 0 Å². The van der Waals surface area contributed by atoms with Crippen LogP contribution >= 0.6 is 0 Å². The molecule has 0 saturated carbocycles. The minimum Gasteiger partial charge on any atom is -0.339 e. The molecule has 0 radical (unpaired) electrons. The van der Waals surface area contributed by atoms with Gasteiger partial charge in [0.15, 0.2) is 0 Å². The first-order valence-electron chi connectivity index (χ1n) is 9.20. The van der Waals surface area contributed by atoms with Gasteiger partial charge in [0.25, 0.3) is 0 Å². The largest absolute Gasteiger partial charge is 0.339 e. The highest BCUT2D eigenvalue weighted by molar-refractivity contribution is 5.92. The number of amides is 1. The molecular formula is C22H25N3O2. The first-order valence-corrected chi connectivity index (χ1v) is 9.20. The van der Waals surface area contributed by atoms with Gasteiger partial charge in [-0.1, -0.05) is 55.4 Å². The number of hydrogen-bond acceptors (Lipinski definition) is 4. The minimum atomic E-state index is 0.0154. The van der Waals surface area contributed by atoms with Crippen molar-refractivity contribution in [1.29, 1.82) is 0 Å². The van der Waals surface area contributed by atoms with Gasteiger partial charge < -0.3 is 9.42 Å². The summed E-state index contributed by atoms with van der Waals surface area (Å²) in [4.78, 5) is 18.5. The molecule has 5 heteroatoms. The lowest BCUT2D eigenvalue weighted by Gasteiger charge is -2.17. The normalized spacial score (nSPS) is 11.0. The molecule has 0 aliphatic heterocycles. The van der Waals surface area contributed by atoms with E-state index in [1.54, 1.807) is 11.9 Å². The molecule has 0 spiro atoms. The summed E-state index contributed by atoms with van der Waals surface area (Å²) in [5.41, 5.74) is 4.19. The predicted octanol–water partition coefficient (Wildman–Crippen LogP) is 4.76. The molecule has 0 atom stereocenters. The van der Waals surface area contributed by atoms with E-state index >= 15 is 0 Å². The fraction of sp³-hybridized carbons (Fsp3) is 0.318. The van der Waals surface area contributed by atoms with Gasteiger partial charge in [-0.25, -0.2) is 0 Å². The van der Waals surface area contributed by atoms with Crippen LogP contribution < -0.4 is 4.90 Å². The maximum absolute atomic E-state index is 12.4. The highest BCUT2D eigenvalue weighted by atomic mass is 16.5. The lowest BCUT2D eigenvalue weighted by atomic mass is 10.0. The molecule has 0 unspecified atom stereocenters. The number of hydrogen-bond donors (Lipinski definition) is 0. The summed E-state index contributed by atoms with van der Waals surface area (Å²) in [7, 11) is 1.78. The van der Waals surface area contributed by atoms with E-state index in [9.17, 15) is 4.79 Å². The Morgan fingerprint density at radius 1 is 1.15 bits per heavy atom. The number of rotatable bonds is 6.